The van der Waals surface area contributed by atoms with Crippen LogP contribution in [0.2, 0.25) is 5.15 Å². The number of fused-ring (bicyclic) bond motifs is 1. The second-order valence-corrected chi connectivity index (χ2v) is 8.66. The first-order valence-corrected chi connectivity index (χ1v) is 9.95. The summed E-state index contributed by atoms with van der Waals surface area (Å²) in [4.78, 5) is 22.8. The number of benzene rings is 1. The third-order valence-electron chi connectivity index (χ3n) is 4.99. The van der Waals surface area contributed by atoms with E-state index in [1.54, 1.807) is 4.90 Å². The van der Waals surface area contributed by atoms with Gasteiger partial charge >= 0.3 is 6.09 Å². The van der Waals surface area contributed by atoms with Gasteiger partial charge in [0.1, 0.15) is 22.7 Å². The minimum absolute atomic E-state index is 0.0820. The monoisotopic (exact) mass is 413 g/mol. The van der Waals surface area contributed by atoms with E-state index < -0.39 is 5.60 Å². The third kappa shape index (κ3) is 3.87. The predicted molar refractivity (Wildman–Crippen MR) is 114 cm³/mol. The minimum Gasteiger partial charge on any atom is -0.444 e. The SMILES string of the molecule is CC(C)(C)OC(=O)N1CCC(n2cc(-c3ccc(N)cc3)c3c(Cl)ncnc32)C1. The molecule has 1 amide bonds. The van der Waals surface area contributed by atoms with Crippen molar-refractivity contribution in [3.8, 4) is 11.1 Å². The molecule has 0 saturated carbocycles. The van der Waals surface area contributed by atoms with Gasteiger partial charge in [-0.2, -0.15) is 0 Å². The third-order valence-corrected chi connectivity index (χ3v) is 5.28. The number of anilines is 1. The fourth-order valence-electron chi connectivity index (χ4n) is 3.67. The standard InChI is InChI=1S/C21H24ClN5O2/c1-21(2,3)29-20(28)26-9-8-15(10-26)27-11-16(13-4-6-14(23)7-5-13)17-18(22)24-12-25-19(17)27/h4-7,11-12,15H,8-10,23H2,1-3H3. The Morgan fingerprint density at radius 1 is 1.24 bits per heavy atom. The highest BCUT2D eigenvalue weighted by Crippen LogP contribution is 2.37. The number of amides is 1. The van der Waals surface area contributed by atoms with Crippen LogP contribution >= 0.6 is 11.6 Å². The molecule has 3 heterocycles. The van der Waals surface area contributed by atoms with Crippen molar-refractivity contribution in [1.82, 2.24) is 19.4 Å². The van der Waals surface area contributed by atoms with Crippen LogP contribution in [-0.4, -0.2) is 44.2 Å². The number of nitrogens with zero attached hydrogens (tertiary/aromatic N) is 4. The Bertz CT molecular complexity index is 1060. The smallest absolute Gasteiger partial charge is 0.410 e. The van der Waals surface area contributed by atoms with E-state index in [1.165, 1.54) is 6.33 Å². The molecule has 0 radical (unpaired) electrons. The summed E-state index contributed by atoms with van der Waals surface area (Å²) in [5, 5.41) is 1.21. The average molecular weight is 414 g/mol. The summed E-state index contributed by atoms with van der Waals surface area (Å²) in [6.45, 7) is 6.80. The van der Waals surface area contributed by atoms with Crippen molar-refractivity contribution in [2.75, 3.05) is 18.8 Å². The van der Waals surface area contributed by atoms with Gasteiger partial charge in [0.2, 0.25) is 0 Å². The van der Waals surface area contributed by atoms with E-state index >= 15 is 0 Å². The van der Waals surface area contributed by atoms with Gasteiger partial charge in [-0.3, -0.25) is 0 Å². The van der Waals surface area contributed by atoms with Crippen LogP contribution < -0.4 is 5.73 Å². The van der Waals surface area contributed by atoms with Gasteiger partial charge in [-0.1, -0.05) is 23.7 Å². The molecule has 2 aromatic heterocycles. The fraction of sp³-hybridized carbons (Fsp3) is 0.381. The molecule has 0 bridgehead atoms. The Morgan fingerprint density at radius 2 is 1.97 bits per heavy atom. The fourth-order valence-corrected chi connectivity index (χ4v) is 3.90. The van der Waals surface area contributed by atoms with Crippen LogP contribution in [0.3, 0.4) is 0 Å². The molecule has 152 valence electrons. The van der Waals surface area contributed by atoms with Crippen molar-refractivity contribution >= 4 is 34.4 Å². The number of aromatic nitrogens is 3. The molecule has 1 aliphatic heterocycles. The summed E-state index contributed by atoms with van der Waals surface area (Å²) >= 11 is 6.44. The van der Waals surface area contributed by atoms with Crippen molar-refractivity contribution < 1.29 is 9.53 Å². The van der Waals surface area contributed by atoms with Crippen LogP contribution in [0, 0.1) is 0 Å². The normalized spacial score (nSPS) is 17.1. The van der Waals surface area contributed by atoms with E-state index in [-0.39, 0.29) is 12.1 Å². The zero-order valence-electron chi connectivity index (χ0n) is 16.7. The first-order chi connectivity index (χ1) is 13.7. The summed E-state index contributed by atoms with van der Waals surface area (Å²) in [5.41, 5.74) is 8.71. The summed E-state index contributed by atoms with van der Waals surface area (Å²) in [6, 6.07) is 7.71. The zero-order chi connectivity index (χ0) is 20.8. The zero-order valence-corrected chi connectivity index (χ0v) is 17.5. The molecule has 7 nitrogen and oxygen atoms in total. The lowest BCUT2D eigenvalue weighted by Gasteiger charge is -2.24. The second kappa shape index (κ2) is 7.22. The van der Waals surface area contributed by atoms with Gasteiger partial charge in [0.05, 0.1) is 11.4 Å². The van der Waals surface area contributed by atoms with Gasteiger partial charge in [0.25, 0.3) is 0 Å². The van der Waals surface area contributed by atoms with Crippen molar-refractivity contribution in [3.05, 3.63) is 41.9 Å². The van der Waals surface area contributed by atoms with Gasteiger partial charge in [-0.15, -0.1) is 0 Å². The van der Waals surface area contributed by atoms with Crippen LogP contribution in [0.25, 0.3) is 22.2 Å². The molecule has 1 fully saturated rings. The van der Waals surface area contributed by atoms with Gasteiger partial charge in [0.15, 0.2) is 0 Å². The number of hydrogen-bond donors (Lipinski definition) is 1. The van der Waals surface area contributed by atoms with Crippen molar-refractivity contribution in [2.45, 2.75) is 38.8 Å². The largest absolute Gasteiger partial charge is 0.444 e. The van der Waals surface area contributed by atoms with Crippen molar-refractivity contribution in [2.24, 2.45) is 0 Å². The summed E-state index contributed by atoms with van der Waals surface area (Å²) < 4.78 is 7.61. The number of hydrogen-bond acceptors (Lipinski definition) is 5. The molecular formula is C21H24ClN5O2. The van der Waals surface area contributed by atoms with Crippen LogP contribution in [0.4, 0.5) is 10.5 Å². The Hall–Kier alpha value is -2.80. The van der Waals surface area contributed by atoms with E-state index in [1.807, 2.05) is 51.2 Å². The van der Waals surface area contributed by atoms with Gasteiger partial charge < -0.3 is 19.9 Å². The molecular weight excluding hydrogens is 390 g/mol. The maximum atomic E-state index is 12.4. The molecule has 0 spiro atoms. The van der Waals surface area contributed by atoms with Gasteiger partial charge in [-0.05, 0) is 44.9 Å². The van der Waals surface area contributed by atoms with Crippen LogP contribution in [-0.2, 0) is 4.74 Å². The molecule has 0 aliphatic carbocycles. The first kappa shape index (κ1) is 19.5. The van der Waals surface area contributed by atoms with E-state index in [4.69, 9.17) is 22.1 Å². The van der Waals surface area contributed by atoms with E-state index in [0.717, 1.165) is 28.6 Å². The summed E-state index contributed by atoms with van der Waals surface area (Å²) in [6.07, 6.45) is 4.03. The molecule has 29 heavy (non-hydrogen) atoms. The molecule has 1 saturated heterocycles. The summed E-state index contributed by atoms with van der Waals surface area (Å²) in [7, 11) is 0. The number of carbonyl (C=O) groups is 1. The lowest BCUT2D eigenvalue weighted by Crippen LogP contribution is -2.35. The number of likely N-dealkylation sites (tertiary alicyclic amines) is 1. The number of nitrogens with two attached hydrogens (primary N) is 1. The van der Waals surface area contributed by atoms with Crippen LogP contribution in [0.15, 0.2) is 36.8 Å². The summed E-state index contributed by atoms with van der Waals surface area (Å²) in [5.74, 6) is 0. The lowest BCUT2D eigenvalue weighted by molar-refractivity contribution is 0.0289. The topological polar surface area (TPSA) is 86.3 Å². The molecule has 1 aliphatic rings. The van der Waals surface area contributed by atoms with E-state index in [9.17, 15) is 4.79 Å². The van der Waals surface area contributed by atoms with E-state index in [2.05, 4.69) is 14.5 Å². The predicted octanol–water partition coefficient (Wildman–Crippen LogP) is 4.52. The maximum Gasteiger partial charge on any atom is 0.410 e. The number of rotatable bonds is 2. The molecule has 1 unspecified atom stereocenters. The number of ether oxygens (including phenoxy) is 1. The van der Waals surface area contributed by atoms with Gasteiger partial charge in [0, 0.05) is 30.5 Å². The van der Waals surface area contributed by atoms with E-state index in [0.29, 0.717) is 23.9 Å². The van der Waals surface area contributed by atoms with Crippen LogP contribution in [0.1, 0.15) is 33.2 Å². The molecule has 1 atom stereocenters. The number of nitrogen functional groups attached to an aromatic ring is 1. The Balaban J connectivity index is 1.69. The Labute approximate surface area is 174 Å². The quantitative estimate of drug-likeness (QED) is 0.493. The number of halogens is 1. The number of carbonyl (C=O) groups excluding carboxylic acids is 1. The molecule has 3 aromatic rings. The Morgan fingerprint density at radius 3 is 2.66 bits per heavy atom. The maximum absolute atomic E-state index is 12.4. The van der Waals surface area contributed by atoms with Gasteiger partial charge in [-0.25, -0.2) is 14.8 Å². The average Bonchev–Trinajstić information content (AvgIpc) is 3.26. The highest BCUT2D eigenvalue weighted by atomic mass is 35.5. The van der Waals surface area contributed by atoms with Crippen LogP contribution in [0.5, 0.6) is 0 Å². The molecule has 1 aromatic carbocycles. The molecule has 4 rings (SSSR count). The highest BCUT2D eigenvalue weighted by Gasteiger charge is 2.32. The van der Waals surface area contributed by atoms with Crippen molar-refractivity contribution in [1.29, 1.82) is 0 Å². The highest BCUT2D eigenvalue weighted by molar-refractivity contribution is 6.35. The lowest BCUT2D eigenvalue weighted by atomic mass is 10.1. The van der Waals surface area contributed by atoms with Crippen molar-refractivity contribution in [3.63, 3.8) is 0 Å². The minimum atomic E-state index is -0.515. The first-order valence-electron chi connectivity index (χ1n) is 9.58. The second-order valence-electron chi connectivity index (χ2n) is 8.30. The molecule has 2 N–H and O–H groups in total. The Kier molecular flexibility index (Phi) is 4.86. The molecule has 8 heteroatoms.